The molecule has 0 bridgehead atoms. The van der Waals surface area contributed by atoms with Crippen LogP contribution in [0.25, 0.3) is 0 Å². The van der Waals surface area contributed by atoms with Gasteiger partial charge in [-0.3, -0.25) is 4.98 Å². The zero-order valence-electron chi connectivity index (χ0n) is 9.85. The fourth-order valence-electron chi connectivity index (χ4n) is 1.72. The van der Waals surface area contributed by atoms with E-state index in [1.165, 1.54) is 0 Å². The molecule has 0 aliphatic heterocycles. The fraction of sp³-hybridized carbons (Fsp3) is 0.214. The van der Waals surface area contributed by atoms with Gasteiger partial charge in [-0.15, -0.1) is 0 Å². The molecule has 0 amide bonds. The number of aryl methyl sites for hydroxylation is 1. The third-order valence-corrected chi connectivity index (χ3v) is 2.57. The highest BCUT2D eigenvalue weighted by Crippen LogP contribution is 2.15. The molecule has 1 aromatic heterocycles. The molecule has 0 radical (unpaired) electrons. The maximum Gasteiger partial charge on any atom is 0.120 e. The molecular weight excluding hydrogens is 212 g/mol. The number of hydrogen-bond acceptors (Lipinski definition) is 3. The molecule has 0 saturated heterocycles. The minimum absolute atomic E-state index is 0.336. The number of para-hydroxylation sites is 1. The van der Waals surface area contributed by atoms with Crippen molar-refractivity contribution in [2.75, 3.05) is 0 Å². The van der Waals surface area contributed by atoms with Gasteiger partial charge in [0.05, 0.1) is 0 Å². The van der Waals surface area contributed by atoms with E-state index < -0.39 is 0 Å². The van der Waals surface area contributed by atoms with E-state index in [-0.39, 0.29) is 0 Å². The van der Waals surface area contributed by atoms with Gasteiger partial charge in [0.15, 0.2) is 0 Å². The number of nitrogens with zero attached hydrogens (tertiary/aromatic N) is 1. The fourth-order valence-corrected chi connectivity index (χ4v) is 1.72. The SMILES string of the molecule is Cc1cncc(CNCc2ccccc2O)c1. The lowest BCUT2D eigenvalue weighted by Crippen LogP contribution is -2.13. The van der Waals surface area contributed by atoms with Crippen LogP contribution in [-0.4, -0.2) is 10.1 Å². The first-order valence-electron chi connectivity index (χ1n) is 5.64. The molecule has 17 heavy (non-hydrogen) atoms. The monoisotopic (exact) mass is 228 g/mol. The molecule has 0 atom stereocenters. The number of aromatic hydroxyl groups is 1. The Labute approximate surface area is 101 Å². The Bertz CT molecular complexity index is 497. The van der Waals surface area contributed by atoms with Crippen molar-refractivity contribution in [1.82, 2.24) is 10.3 Å². The van der Waals surface area contributed by atoms with Crippen molar-refractivity contribution in [3.8, 4) is 5.75 Å². The summed E-state index contributed by atoms with van der Waals surface area (Å²) in [6.07, 6.45) is 3.69. The van der Waals surface area contributed by atoms with Gasteiger partial charge in [-0.05, 0) is 24.1 Å². The molecule has 0 fully saturated rings. The van der Waals surface area contributed by atoms with Crippen molar-refractivity contribution >= 4 is 0 Å². The van der Waals surface area contributed by atoms with E-state index >= 15 is 0 Å². The highest BCUT2D eigenvalue weighted by Gasteiger charge is 1.99. The summed E-state index contributed by atoms with van der Waals surface area (Å²) in [5.41, 5.74) is 3.22. The lowest BCUT2D eigenvalue weighted by Gasteiger charge is -2.07. The Kier molecular flexibility index (Phi) is 3.73. The summed E-state index contributed by atoms with van der Waals surface area (Å²) in [7, 11) is 0. The summed E-state index contributed by atoms with van der Waals surface area (Å²) in [4.78, 5) is 4.14. The van der Waals surface area contributed by atoms with Gasteiger partial charge in [0.2, 0.25) is 0 Å². The Hall–Kier alpha value is -1.87. The van der Waals surface area contributed by atoms with Crippen LogP contribution in [0.2, 0.25) is 0 Å². The van der Waals surface area contributed by atoms with Gasteiger partial charge in [-0.2, -0.15) is 0 Å². The van der Waals surface area contributed by atoms with Crippen LogP contribution in [0.5, 0.6) is 5.75 Å². The predicted octanol–water partition coefficient (Wildman–Crippen LogP) is 2.39. The van der Waals surface area contributed by atoms with Crippen molar-refractivity contribution < 1.29 is 5.11 Å². The van der Waals surface area contributed by atoms with E-state index in [2.05, 4.69) is 16.4 Å². The third kappa shape index (κ3) is 3.29. The summed E-state index contributed by atoms with van der Waals surface area (Å²) in [6.45, 7) is 3.43. The first kappa shape index (κ1) is 11.6. The van der Waals surface area contributed by atoms with E-state index in [0.29, 0.717) is 12.3 Å². The van der Waals surface area contributed by atoms with Gasteiger partial charge in [0, 0.05) is 31.0 Å². The molecule has 1 aromatic carbocycles. The van der Waals surface area contributed by atoms with Gasteiger partial charge < -0.3 is 10.4 Å². The van der Waals surface area contributed by atoms with E-state index in [4.69, 9.17) is 0 Å². The zero-order valence-corrected chi connectivity index (χ0v) is 9.85. The van der Waals surface area contributed by atoms with Crippen molar-refractivity contribution in [2.24, 2.45) is 0 Å². The number of aromatic nitrogens is 1. The van der Waals surface area contributed by atoms with Crippen LogP contribution in [-0.2, 0) is 13.1 Å². The average Bonchev–Trinajstić information content (AvgIpc) is 2.32. The molecule has 3 heteroatoms. The van der Waals surface area contributed by atoms with Crippen LogP contribution in [0, 0.1) is 6.92 Å². The molecule has 0 aliphatic carbocycles. The average molecular weight is 228 g/mol. The summed E-state index contributed by atoms with van der Waals surface area (Å²) < 4.78 is 0. The minimum Gasteiger partial charge on any atom is -0.508 e. The number of nitrogens with one attached hydrogen (secondary N) is 1. The molecule has 88 valence electrons. The maximum absolute atomic E-state index is 9.60. The minimum atomic E-state index is 0.336. The molecule has 3 nitrogen and oxygen atoms in total. The molecule has 2 aromatic rings. The molecule has 2 N–H and O–H groups in total. The summed E-state index contributed by atoms with van der Waals surface area (Å²) in [5, 5.41) is 12.9. The van der Waals surface area contributed by atoms with Crippen molar-refractivity contribution in [3.63, 3.8) is 0 Å². The molecule has 1 heterocycles. The van der Waals surface area contributed by atoms with Crippen molar-refractivity contribution in [2.45, 2.75) is 20.0 Å². The van der Waals surface area contributed by atoms with Gasteiger partial charge in [0.25, 0.3) is 0 Å². The van der Waals surface area contributed by atoms with Gasteiger partial charge in [0.1, 0.15) is 5.75 Å². The second-order valence-corrected chi connectivity index (χ2v) is 4.10. The van der Waals surface area contributed by atoms with Crippen LogP contribution in [0.4, 0.5) is 0 Å². The van der Waals surface area contributed by atoms with E-state index in [0.717, 1.165) is 23.2 Å². The molecule has 0 saturated carbocycles. The standard InChI is InChI=1S/C14H16N2O/c1-11-6-12(8-15-7-11)9-16-10-13-4-2-3-5-14(13)17/h2-8,16-17H,9-10H2,1H3. The smallest absolute Gasteiger partial charge is 0.120 e. The zero-order chi connectivity index (χ0) is 12.1. The van der Waals surface area contributed by atoms with Crippen LogP contribution in [0.15, 0.2) is 42.7 Å². The topological polar surface area (TPSA) is 45.2 Å². The highest BCUT2D eigenvalue weighted by atomic mass is 16.3. The normalized spacial score (nSPS) is 10.4. The van der Waals surface area contributed by atoms with Crippen LogP contribution in [0.1, 0.15) is 16.7 Å². The van der Waals surface area contributed by atoms with Crippen LogP contribution >= 0.6 is 0 Å². The Balaban J connectivity index is 1.90. The Morgan fingerprint density at radius 3 is 2.76 bits per heavy atom. The largest absolute Gasteiger partial charge is 0.508 e. The van der Waals surface area contributed by atoms with E-state index in [1.54, 1.807) is 6.07 Å². The van der Waals surface area contributed by atoms with E-state index in [1.807, 2.05) is 37.5 Å². The first-order valence-corrected chi connectivity index (χ1v) is 5.64. The lowest BCUT2D eigenvalue weighted by molar-refractivity contribution is 0.464. The number of phenolic OH excluding ortho intramolecular Hbond substituents is 1. The predicted molar refractivity (Wildman–Crippen MR) is 67.6 cm³/mol. The third-order valence-electron chi connectivity index (χ3n) is 2.57. The molecular formula is C14H16N2O. The lowest BCUT2D eigenvalue weighted by atomic mass is 10.2. The first-order chi connectivity index (χ1) is 8.25. The summed E-state index contributed by atoms with van der Waals surface area (Å²) in [6, 6.07) is 9.46. The number of hydrogen-bond donors (Lipinski definition) is 2. The second-order valence-electron chi connectivity index (χ2n) is 4.10. The number of phenols is 1. The Morgan fingerprint density at radius 2 is 2.00 bits per heavy atom. The molecule has 0 spiro atoms. The second kappa shape index (κ2) is 5.46. The van der Waals surface area contributed by atoms with Crippen LogP contribution in [0.3, 0.4) is 0 Å². The number of pyridine rings is 1. The van der Waals surface area contributed by atoms with Crippen molar-refractivity contribution in [1.29, 1.82) is 0 Å². The quantitative estimate of drug-likeness (QED) is 0.844. The molecule has 2 rings (SSSR count). The van der Waals surface area contributed by atoms with Gasteiger partial charge in [-0.1, -0.05) is 24.3 Å². The van der Waals surface area contributed by atoms with Gasteiger partial charge in [-0.25, -0.2) is 0 Å². The maximum atomic E-state index is 9.60. The molecule has 0 unspecified atom stereocenters. The van der Waals surface area contributed by atoms with Crippen molar-refractivity contribution in [3.05, 3.63) is 59.4 Å². The number of benzene rings is 1. The summed E-state index contributed by atoms with van der Waals surface area (Å²) >= 11 is 0. The number of rotatable bonds is 4. The summed E-state index contributed by atoms with van der Waals surface area (Å²) in [5.74, 6) is 0.336. The molecule has 0 aliphatic rings. The van der Waals surface area contributed by atoms with Gasteiger partial charge >= 0.3 is 0 Å². The highest BCUT2D eigenvalue weighted by molar-refractivity contribution is 5.31. The van der Waals surface area contributed by atoms with E-state index in [9.17, 15) is 5.11 Å². The Morgan fingerprint density at radius 1 is 1.18 bits per heavy atom. The van der Waals surface area contributed by atoms with Crippen LogP contribution < -0.4 is 5.32 Å².